The van der Waals surface area contributed by atoms with Crippen molar-refractivity contribution in [3.8, 4) is 17.0 Å². The number of ether oxygens (including phenoxy) is 1. The molecular weight excluding hydrogens is 480 g/mol. The topological polar surface area (TPSA) is 109 Å². The van der Waals surface area contributed by atoms with Gasteiger partial charge in [0.25, 0.3) is 5.91 Å². The number of aryl methyl sites for hydroxylation is 1. The van der Waals surface area contributed by atoms with Gasteiger partial charge in [-0.05, 0) is 56.7 Å². The highest BCUT2D eigenvalue weighted by Crippen LogP contribution is 2.37. The minimum absolute atomic E-state index is 0.118. The van der Waals surface area contributed by atoms with E-state index in [1.807, 2.05) is 0 Å². The lowest BCUT2D eigenvalue weighted by molar-refractivity contribution is -0.122. The number of aromatic nitrogens is 3. The molecule has 37 heavy (non-hydrogen) atoms. The summed E-state index contributed by atoms with van der Waals surface area (Å²) in [6.07, 6.45) is 3.77. The Morgan fingerprint density at radius 1 is 1.16 bits per heavy atom. The smallest absolute Gasteiger partial charge is 0.255 e. The minimum Gasteiger partial charge on any atom is -0.493 e. The number of H-pyrrole nitrogens is 1. The number of carbonyl (C=O) groups excluding carboxylic acids is 2. The first kappa shape index (κ1) is 25.1. The molecule has 196 valence electrons. The summed E-state index contributed by atoms with van der Waals surface area (Å²) in [6, 6.07) is 3.42. The van der Waals surface area contributed by atoms with Crippen molar-refractivity contribution in [1.82, 2.24) is 25.6 Å². The van der Waals surface area contributed by atoms with Gasteiger partial charge in [-0.2, -0.15) is 0 Å². The number of hydrogen-bond acceptors (Lipinski definition) is 5. The Labute approximate surface area is 213 Å². The normalized spacial score (nSPS) is 21.6. The molecule has 2 saturated carbocycles. The fraction of sp³-hybridized carbons (Fsp3) is 0.481. The van der Waals surface area contributed by atoms with E-state index >= 15 is 0 Å². The number of amides is 2. The molecule has 2 aliphatic carbocycles. The van der Waals surface area contributed by atoms with Gasteiger partial charge in [0.2, 0.25) is 5.91 Å². The fourth-order valence-electron chi connectivity index (χ4n) is 4.88. The van der Waals surface area contributed by atoms with Crippen molar-refractivity contribution in [1.29, 1.82) is 0 Å². The monoisotopic (exact) mass is 511 g/mol. The van der Waals surface area contributed by atoms with Crippen molar-refractivity contribution in [2.75, 3.05) is 6.61 Å². The Balaban J connectivity index is 1.38. The highest BCUT2D eigenvalue weighted by Gasteiger charge is 2.33. The predicted octanol–water partition coefficient (Wildman–Crippen LogP) is 4.38. The van der Waals surface area contributed by atoms with Crippen LogP contribution in [0.5, 0.6) is 5.75 Å². The molecule has 2 aliphatic rings. The Hall–Kier alpha value is -3.56. The summed E-state index contributed by atoms with van der Waals surface area (Å²) in [5.74, 6) is 0.0690. The number of aromatic amines is 1. The highest BCUT2D eigenvalue weighted by atomic mass is 19.1. The number of alkyl halides is 1. The summed E-state index contributed by atoms with van der Waals surface area (Å²) in [7, 11) is 0. The summed E-state index contributed by atoms with van der Waals surface area (Å²) in [4.78, 5) is 36.9. The molecule has 5 rings (SSSR count). The van der Waals surface area contributed by atoms with Gasteiger partial charge in [-0.1, -0.05) is 6.92 Å². The fourth-order valence-corrected chi connectivity index (χ4v) is 4.88. The van der Waals surface area contributed by atoms with Crippen LogP contribution < -0.4 is 15.4 Å². The SMILES string of the molecule is CCC(=O)NC1CCC(NC(=O)c2c(C)[nH]c3c(-c4cc(F)ccc4OCC4CC4)ncnc23)CC1F. The molecule has 3 atom stereocenters. The molecule has 2 fully saturated rings. The van der Waals surface area contributed by atoms with Crippen LogP contribution in [0.25, 0.3) is 22.3 Å². The number of nitrogens with one attached hydrogen (secondary N) is 3. The zero-order chi connectivity index (χ0) is 26.1. The number of rotatable bonds is 8. The second-order valence-corrected chi connectivity index (χ2v) is 9.99. The highest BCUT2D eigenvalue weighted by molar-refractivity contribution is 6.09. The van der Waals surface area contributed by atoms with E-state index in [4.69, 9.17) is 4.74 Å². The van der Waals surface area contributed by atoms with Gasteiger partial charge < -0.3 is 20.4 Å². The van der Waals surface area contributed by atoms with E-state index in [9.17, 15) is 18.4 Å². The number of fused-ring (bicyclic) bond motifs is 1. The summed E-state index contributed by atoms with van der Waals surface area (Å²) in [5.41, 5.74) is 2.74. The zero-order valence-electron chi connectivity index (χ0n) is 20.9. The van der Waals surface area contributed by atoms with Crippen LogP contribution in [-0.4, -0.2) is 51.6 Å². The number of carbonyl (C=O) groups is 2. The Morgan fingerprint density at radius 3 is 2.70 bits per heavy atom. The second-order valence-electron chi connectivity index (χ2n) is 9.99. The van der Waals surface area contributed by atoms with E-state index in [1.165, 1.54) is 18.5 Å². The molecule has 3 aromatic rings. The van der Waals surface area contributed by atoms with Gasteiger partial charge in [0.1, 0.15) is 35.3 Å². The maximum absolute atomic E-state index is 14.7. The first-order valence-electron chi connectivity index (χ1n) is 12.8. The van der Waals surface area contributed by atoms with E-state index in [0.29, 0.717) is 71.1 Å². The molecule has 0 spiro atoms. The van der Waals surface area contributed by atoms with E-state index in [1.54, 1.807) is 19.9 Å². The van der Waals surface area contributed by atoms with Crippen LogP contribution in [0.4, 0.5) is 8.78 Å². The molecule has 2 heterocycles. The lowest BCUT2D eigenvalue weighted by Crippen LogP contribution is -2.49. The second kappa shape index (κ2) is 10.4. The number of nitrogens with zero attached hydrogens (tertiary/aromatic N) is 2. The first-order valence-corrected chi connectivity index (χ1v) is 12.8. The molecule has 3 N–H and O–H groups in total. The molecule has 10 heteroatoms. The maximum atomic E-state index is 14.7. The number of halogens is 2. The summed E-state index contributed by atoms with van der Waals surface area (Å²) in [6.45, 7) is 4.04. The van der Waals surface area contributed by atoms with Crippen LogP contribution in [0.3, 0.4) is 0 Å². The first-order chi connectivity index (χ1) is 17.8. The van der Waals surface area contributed by atoms with Crippen molar-refractivity contribution < 1.29 is 23.1 Å². The minimum atomic E-state index is -1.24. The quantitative estimate of drug-likeness (QED) is 0.416. The average molecular weight is 512 g/mol. The lowest BCUT2D eigenvalue weighted by atomic mass is 9.89. The Kier molecular flexibility index (Phi) is 7.08. The van der Waals surface area contributed by atoms with Gasteiger partial charge in [-0.3, -0.25) is 9.59 Å². The molecular formula is C27H31F2N5O3. The third-order valence-corrected chi connectivity index (χ3v) is 7.14. The average Bonchev–Trinajstić information content (AvgIpc) is 3.64. The van der Waals surface area contributed by atoms with E-state index in [2.05, 4.69) is 25.6 Å². The van der Waals surface area contributed by atoms with E-state index in [-0.39, 0.29) is 24.3 Å². The van der Waals surface area contributed by atoms with Crippen LogP contribution in [-0.2, 0) is 4.79 Å². The molecule has 3 unspecified atom stereocenters. The standard InChI is InChI=1S/C27H31F2N5O3/c1-3-22(35)34-20-8-7-17(11-19(20)29)33-27(36)23-14(2)32-26-24(30-13-31-25(23)26)18-10-16(28)6-9-21(18)37-12-15-4-5-15/h6,9-10,13,15,17,19-20,32H,3-5,7-8,11-12H2,1-2H3,(H,33,36)(H,34,35). The van der Waals surface area contributed by atoms with Crippen molar-refractivity contribution in [3.63, 3.8) is 0 Å². The Bertz CT molecular complexity index is 1320. The van der Waals surface area contributed by atoms with E-state index < -0.39 is 18.0 Å². The molecule has 0 radical (unpaired) electrons. The largest absolute Gasteiger partial charge is 0.493 e. The van der Waals surface area contributed by atoms with Crippen LogP contribution in [0.1, 0.15) is 61.5 Å². The third kappa shape index (κ3) is 5.42. The molecule has 8 nitrogen and oxygen atoms in total. The third-order valence-electron chi connectivity index (χ3n) is 7.14. The molecule has 1 aromatic carbocycles. The molecule has 2 aromatic heterocycles. The zero-order valence-corrected chi connectivity index (χ0v) is 20.9. The van der Waals surface area contributed by atoms with Crippen LogP contribution in [0, 0.1) is 18.7 Å². The van der Waals surface area contributed by atoms with Gasteiger partial charge in [0.05, 0.1) is 23.7 Å². The van der Waals surface area contributed by atoms with Gasteiger partial charge in [0.15, 0.2) is 0 Å². The maximum Gasteiger partial charge on any atom is 0.255 e. The molecule has 0 aliphatic heterocycles. The van der Waals surface area contributed by atoms with Crippen molar-refractivity contribution in [2.45, 2.75) is 70.6 Å². The van der Waals surface area contributed by atoms with Crippen molar-refractivity contribution in [3.05, 3.63) is 41.6 Å². The van der Waals surface area contributed by atoms with Crippen LogP contribution in [0.2, 0.25) is 0 Å². The summed E-state index contributed by atoms with van der Waals surface area (Å²) in [5, 5.41) is 5.65. The Morgan fingerprint density at radius 2 is 1.97 bits per heavy atom. The lowest BCUT2D eigenvalue weighted by Gasteiger charge is -2.32. The van der Waals surface area contributed by atoms with Gasteiger partial charge in [-0.25, -0.2) is 18.7 Å². The van der Waals surface area contributed by atoms with Gasteiger partial charge in [-0.15, -0.1) is 0 Å². The summed E-state index contributed by atoms with van der Waals surface area (Å²) < 4.78 is 34.9. The van der Waals surface area contributed by atoms with E-state index in [0.717, 1.165) is 12.8 Å². The van der Waals surface area contributed by atoms with Gasteiger partial charge >= 0.3 is 0 Å². The summed E-state index contributed by atoms with van der Waals surface area (Å²) >= 11 is 0. The van der Waals surface area contributed by atoms with Crippen LogP contribution >= 0.6 is 0 Å². The molecule has 2 amide bonds. The predicted molar refractivity (Wildman–Crippen MR) is 134 cm³/mol. The van der Waals surface area contributed by atoms with Gasteiger partial charge in [0, 0.05) is 30.1 Å². The van der Waals surface area contributed by atoms with Crippen molar-refractivity contribution in [2.24, 2.45) is 5.92 Å². The van der Waals surface area contributed by atoms with Crippen molar-refractivity contribution >= 4 is 22.8 Å². The molecule has 0 saturated heterocycles. The number of hydrogen-bond donors (Lipinski definition) is 3. The van der Waals surface area contributed by atoms with Crippen LogP contribution in [0.15, 0.2) is 24.5 Å². The molecule has 0 bridgehead atoms. The number of benzene rings is 1.